The minimum atomic E-state index is -4.83. The van der Waals surface area contributed by atoms with Crippen LogP contribution in [0.1, 0.15) is 162 Å². The number of carbonyl (C=O) groups excluding carboxylic acids is 3. The molecule has 55 heavy (non-hydrogen) atoms. The van der Waals surface area contributed by atoms with Gasteiger partial charge in [-0.15, -0.1) is 0 Å². The van der Waals surface area contributed by atoms with Crippen molar-refractivity contribution in [2.45, 2.75) is 180 Å². The van der Waals surface area contributed by atoms with Crippen molar-refractivity contribution in [1.29, 1.82) is 0 Å². The summed E-state index contributed by atoms with van der Waals surface area (Å²) >= 11 is 0. The average molecular weight is 797 g/mol. The molecule has 0 aromatic rings. The highest BCUT2D eigenvalue weighted by Gasteiger charge is 2.39. The van der Waals surface area contributed by atoms with Crippen LogP contribution in [0.2, 0.25) is 0 Å². The fourth-order valence-electron chi connectivity index (χ4n) is 6.52. The number of hydrogen-bond acceptors (Lipinski definition) is 9. The molecule has 1 aliphatic rings. The van der Waals surface area contributed by atoms with Gasteiger partial charge >= 0.3 is 19.8 Å². The molecule has 0 aromatic carbocycles. The number of aliphatic hydroxyl groups excluding tert-OH is 2. The molecule has 0 heterocycles. The lowest BCUT2D eigenvalue weighted by atomic mass is 9.88. The number of hydrogen-bond donors (Lipinski definition) is 4. The van der Waals surface area contributed by atoms with E-state index < -0.39 is 50.6 Å². The van der Waals surface area contributed by atoms with Crippen molar-refractivity contribution in [3.05, 3.63) is 48.6 Å². The molecule has 1 aliphatic carbocycles. The van der Waals surface area contributed by atoms with Crippen LogP contribution in [-0.4, -0.2) is 69.2 Å². The van der Waals surface area contributed by atoms with Crippen molar-refractivity contribution in [3.63, 3.8) is 0 Å². The summed E-state index contributed by atoms with van der Waals surface area (Å²) in [5.74, 6) is -1.68. The van der Waals surface area contributed by atoms with Crippen LogP contribution in [-0.2, 0) is 32.9 Å². The Bertz CT molecular complexity index is 1190. The molecular formula is C43H73O11P. The smallest absolute Gasteiger partial charge is 0.462 e. The van der Waals surface area contributed by atoms with E-state index in [0.29, 0.717) is 32.1 Å². The molecule has 11 nitrogen and oxygen atoms in total. The number of unbranched alkanes of at least 4 members (excludes halogenated alkanes) is 12. The van der Waals surface area contributed by atoms with Gasteiger partial charge < -0.3 is 29.5 Å². The summed E-state index contributed by atoms with van der Waals surface area (Å²) in [6.45, 7) is 3.33. The Morgan fingerprint density at radius 2 is 1.33 bits per heavy atom. The normalized spacial score (nSPS) is 19.0. The van der Waals surface area contributed by atoms with E-state index in [1.54, 1.807) is 12.2 Å². The van der Waals surface area contributed by atoms with Crippen LogP contribution in [0.3, 0.4) is 0 Å². The van der Waals surface area contributed by atoms with E-state index >= 15 is 0 Å². The van der Waals surface area contributed by atoms with Crippen molar-refractivity contribution in [1.82, 2.24) is 0 Å². The molecule has 0 saturated heterocycles. The van der Waals surface area contributed by atoms with Gasteiger partial charge in [0.25, 0.3) is 0 Å². The Morgan fingerprint density at radius 3 is 1.96 bits per heavy atom. The number of phosphoric acid groups is 1. The van der Waals surface area contributed by atoms with Crippen LogP contribution in [0, 0.1) is 11.8 Å². The summed E-state index contributed by atoms with van der Waals surface area (Å²) in [4.78, 5) is 55.6. The largest absolute Gasteiger partial charge is 0.469 e. The summed E-state index contributed by atoms with van der Waals surface area (Å²) in [6, 6.07) is 0. The third-order valence-corrected chi connectivity index (χ3v) is 10.2. The minimum absolute atomic E-state index is 0.00880. The van der Waals surface area contributed by atoms with Crippen molar-refractivity contribution >= 4 is 25.5 Å². The second-order valence-corrected chi connectivity index (χ2v) is 16.0. The van der Waals surface area contributed by atoms with Gasteiger partial charge in [0.05, 0.1) is 18.8 Å². The predicted octanol–water partition coefficient (Wildman–Crippen LogP) is 9.32. The first-order valence-corrected chi connectivity index (χ1v) is 22.6. The first-order chi connectivity index (χ1) is 26.5. The number of ketones is 1. The van der Waals surface area contributed by atoms with Gasteiger partial charge in [-0.3, -0.25) is 18.9 Å². The fourth-order valence-corrected chi connectivity index (χ4v) is 6.88. The Kier molecular flexibility index (Phi) is 30.1. The number of aliphatic hydroxyl groups is 2. The quantitative estimate of drug-likeness (QED) is 0.0211. The van der Waals surface area contributed by atoms with Gasteiger partial charge in [0.2, 0.25) is 0 Å². The van der Waals surface area contributed by atoms with E-state index in [9.17, 15) is 29.2 Å². The maximum Gasteiger partial charge on any atom is 0.469 e. The van der Waals surface area contributed by atoms with Crippen LogP contribution < -0.4 is 0 Å². The molecule has 0 amide bonds. The molecule has 0 spiro atoms. The Balaban J connectivity index is 2.28. The van der Waals surface area contributed by atoms with E-state index in [4.69, 9.17) is 19.3 Å². The standard InChI is InChI=1S/C43H73O11P/c1-3-5-7-8-9-10-11-12-13-14-15-16-17-18-19-20-25-29-42(47)52-34-37(35-53-55(49,50)51)54-43(48)30-26-22-21-24-28-38-39(41(46)33-40(38)45)32-31-36(44)27-23-6-4-2/h9-10,12-13,15-16,31-32,36-40,44-45H,3-8,11,14,17-30,33-35H2,1-2H3,(H2,49,50,51)/b10-9-,13-12-,16-15-,32-31+/t36-,37+,38+,39+,40-/m0/s1. The number of allylic oxidation sites excluding steroid dienone is 7. The van der Waals surface area contributed by atoms with E-state index in [0.717, 1.165) is 77.0 Å². The highest BCUT2D eigenvalue weighted by molar-refractivity contribution is 7.46. The molecule has 0 aliphatic heterocycles. The van der Waals surface area contributed by atoms with Crippen molar-refractivity contribution < 1.29 is 52.9 Å². The SMILES string of the molecule is CCCCC/C=C\C/C=C\C/C=C\CCCCCCC(=O)OC[C@H](COP(=O)(O)O)OC(=O)CCCCCC[C@H]1[C@@H](O)CC(=O)[C@@H]1/C=C/[C@@H](O)CCCCC. The Labute approximate surface area is 331 Å². The van der Waals surface area contributed by atoms with Gasteiger partial charge in [0.15, 0.2) is 6.10 Å². The Hall–Kier alpha value is -2.40. The molecule has 4 N–H and O–H groups in total. The maximum absolute atomic E-state index is 12.5. The minimum Gasteiger partial charge on any atom is -0.462 e. The lowest BCUT2D eigenvalue weighted by molar-refractivity contribution is -0.161. The third-order valence-electron chi connectivity index (χ3n) is 9.73. The molecule has 0 aromatic heterocycles. The van der Waals surface area contributed by atoms with Crippen molar-refractivity contribution in [2.75, 3.05) is 13.2 Å². The second-order valence-electron chi connectivity index (χ2n) is 14.7. The lowest BCUT2D eigenvalue weighted by Crippen LogP contribution is -2.29. The third kappa shape index (κ3) is 28.6. The van der Waals surface area contributed by atoms with Gasteiger partial charge in [-0.2, -0.15) is 0 Å². The fraction of sp³-hybridized carbons (Fsp3) is 0.744. The molecule has 0 unspecified atom stereocenters. The summed E-state index contributed by atoms with van der Waals surface area (Å²) in [6.07, 6.45) is 33.0. The molecule has 0 bridgehead atoms. The van der Waals surface area contributed by atoms with E-state index in [1.165, 1.54) is 19.3 Å². The van der Waals surface area contributed by atoms with E-state index in [2.05, 4.69) is 54.8 Å². The number of Topliss-reactive ketones (excluding diaryl/α,β-unsaturated/α-hetero) is 1. The van der Waals surface area contributed by atoms with Gasteiger partial charge in [0.1, 0.15) is 12.4 Å². The highest BCUT2D eigenvalue weighted by atomic mass is 31.2. The van der Waals surface area contributed by atoms with Crippen LogP contribution in [0.25, 0.3) is 0 Å². The summed E-state index contributed by atoms with van der Waals surface area (Å²) < 4.78 is 26.4. The first-order valence-electron chi connectivity index (χ1n) is 21.0. The summed E-state index contributed by atoms with van der Waals surface area (Å²) in [5, 5.41) is 20.7. The zero-order valence-electron chi connectivity index (χ0n) is 33.8. The molecule has 1 saturated carbocycles. The van der Waals surface area contributed by atoms with Gasteiger partial charge in [-0.05, 0) is 70.1 Å². The molecule has 5 atom stereocenters. The van der Waals surface area contributed by atoms with E-state index in [-0.39, 0.29) is 37.6 Å². The predicted molar refractivity (Wildman–Crippen MR) is 217 cm³/mol. The maximum atomic E-state index is 12.5. The van der Waals surface area contributed by atoms with Crippen LogP contribution >= 0.6 is 7.82 Å². The van der Waals surface area contributed by atoms with Gasteiger partial charge in [-0.1, -0.05) is 127 Å². The summed E-state index contributed by atoms with van der Waals surface area (Å²) in [5.41, 5.74) is 0. The number of carbonyl (C=O) groups is 3. The first kappa shape index (κ1) is 50.6. The van der Waals surface area contributed by atoms with Gasteiger partial charge in [-0.25, -0.2) is 4.57 Å². The number of esters is 2. The van der Waals surface area contributed by atoms with Gasteiger partial charge in [0, 0.05) is 25.2 Å². The molecule has 0 radical (unpaired) electrons. The summed E-state index contributed by atoms with van der Waals surface area (Å²) in [7, 11) is -4.83. The average Bonchev–Trinajstić information content (AvgIpc) is 3.41. The lowest BCUT2D eigenvalue weighted by Gasteiger charge is -2.19. The zero-order chi connectivity index (χ0) is 40.6. The molecular weight excluding hydrogens is 723 g/mol. The highest BCUT2D eigenvalue weighted by Crippen LogP contribution is 2.36. The topological polar surface area (TPSA) is 177 Å². The van der Waals surface area contributed by atoms with Crippen molar-refractivity contribution in [3.8, 4) is 0 Å². The number of rotatable bonds is 34. The van der Waals surface area contributed by atoms with Crippen LogP contribution in [0.5, 0.6) is 0 Å². The van der Waals surface area contributed by atoms with Crippen LogP contribution in [0.4, 0.5) is 0 Å². The number of ether oxygens (including phenoxy) is 2. The van der Waals surface area contributed by atoms with E-state index in [1.807, 2.05) is 0 Å². The molecule has 1 fully saturated rings. The van der Waals surface area contributed by atoms with Crippen molar-refractivity contribution in [2.24, 2.45) is 11.8 Å². The Morgan fingerprint density at radius 1 is 0.764 bits per heavy atom. The second kappa shape index (κ2) is 32.7. The van der Waals surface area contributed by atoms with Crippen LogP contribution in [0.15, 0.2) is 48.6 Å². The zero-order valence-corrected chi connectivity index (χ0v) is 34.7. The molecule has 1 rings (SSSR count). The number of phosphoric ester groups is 1. The monoisotopic (exact) mass is 796 g/mol. The molecule has 316 valence electrons. The molecule has 12 heteroatoms.